The summed E-state index contributed by atoms with van der Waals surface area (Å²) in [5.74, 6) is 1.06. The van der Waals surface area contributed by atoms with Gasteiger partial charge in [-0.05, 0) is 25.7 Å². The number of nitrogens with zero attached hydrogens (tertiary/aromatic N) is 2. The number of aliphatic hydroxyl groups is 1. The fourth-order valence-corrected chi connectivity index (χ4v) is 2.09. The molecule has 1 atom stereocenters. The topological polar surface area (TPSA) is 47.3 Å². The van der Waals surface area contributed by atoms with E-state index in [2.05, 4.69) is 4.98 Å². The number of hydrogen-bond donors (Lipinski definition) is 1. The highest BCUT2D eigenvalue weighted by molar-refractivity contribution is 5.11. The van der Waals surface area contributed by atoms with E-state index in [-0.39, 0.29) is 0 Å². The highest BCUT2D eigenvalue weighted by Gasteiger charge is 2.47. The lowest BCUT2D eigenvalue weighted by atomic mass is 9.98. The minimum Gasteiger partial charge on any atom is -0.381 e. The molecule has 84 valence electrons. The summed E-state index contributed by atoms with van der Waals surface area (Å²) in [6.07, 6.45) is 5.77. The van der Waals surface area contributed by atoms with Gasteiger partial charge in [-0.15, -0.1) is 0 Å². The third-order valence-corrected chi connectivity index (χ3v) is 3.06. The molecule has 1 N–H and O–H groups in total. The first-order valence-electron chi connectivity index (χ1n) is 5.45. The normalized spacial score (nSPS) is 20.2. The molecular formula is C11H18N2O2. The van der Waals surface area contributed by atoms with E-state index in [1.165, 1.54) is 0 Å². The summed E-state index contributed by atoms with van der Waals surface area (Å²) < 4.78 is 7.11. The summed E-state index contributed by atoms with van der Waals surface area (Å²) in [6.45, 7) is 3.20. The van der Waals surface area contributed by atoms with Crippen LogP contribution in [0.4, 0.5) is 0 Å². The molecule has 4 heteroatoms. The average Bonchev–Trinajstić information content (AvgIpc) is 2.97. The first-order chi connectivity index (χ1) is 7.22. The molecule has 2 rings (SSSR count). The van der Waals surface area contributed by atoms with Gasteiger partial charge in [0.1, 0.15) is 11.4 Å². The highest BCUT2D eigenvalue weighted by atomic mass is 16.5. The molecule has 0 aromatic carbocycles. The van der Waals surface area contributed by atoms with Crippen LogP contribution >= 0.6 is 0 Å². The molecule has 0 saturated heterocycles. The summed E-state index contributed by atoms with van der Waals surface area (Å²) in [5.41, 5.74) is -0.895. The van der Waals surface area contributed by atoms with Gasteiger partial charge in [-0.3, -0.25) is 0 Å². The van der Waals surface area contributed by atoms with Gasteiger partial charge in [-0.25, -0.2) is 4.98 Å². The number of aromatic nitrogens is 2. The standard InChI is InChI=1S/C11H18N2O2/c1-3-13-7-6-12-10(13)11(14,8-15-2)9-4-5-9/h6-7,9,14H,3-5,8H2,1-2H3. The van der Waals surface area contributed by atoms with Gasteiger partial charge < -0.3 is 14.4 Å². The summed E-state index contributed by atoms with van der Waals surface area (Å²) >= 11 is 0. The number of rotatable bonds is 5. The van der Waals surface area contributed by atoms with Gasteiger partial charge in [0.2, 0.25) is 0 Å². The van der Waals surface area contributed by atoms with Gasteiger partial charge in [0.25, 0.3) is 0 Å². The van der Waals surface area contributed by atoms with E-state index in [4.69, 9.17) is 4.74 Å². The minimum absolute atomic E-state index is 0.310. The minimum atomic E-state index is -0.895. The van der Waals surface area contributed by atoms with E-state index >= 15 is 0 Å². The monoisotopic (exact) mass is 210 g/mol. The van der Waals surface area contributed by atoms with E-state index in [0.717, 1.165) is 25.2 Å². The fraction of sp³-hybridized carbons (Fsp3) is 0.727. The maximum Gasteiger partial charge on any atom is 0.148 e. The molecule has 0 amide bonds. The van der Waals surface area contributed by atoms with Crippen molar-refractivity contribution in [3.8, 4) is 0 Å². The Hall–Kier alpha value is -0.870. The molecule has 1 heterocycles. The van der Waals surface area contributed by atoms with Crippen molar-refractivity contribution < 1.29 is 9.84 Å². The molecule has 0 spiro atoms. The zero-order chi connectivity index (χ0) is 10.9. The van der Waals surface area contributed by atoms with Crippen LogP contribution in [-0.4, -0.2) is 28.4 Å². The Morgan fingerprint density at radius 1 is 1.67 bits per heavy atom. The van der Waals surface area contributed by atoms with Crippen LogP contribution < -0.4 is 0 Å². The lowest BCUT2D eigenvalue weighted by Gasteiger charge is -2.27. The van der Waals surface area contributed by atoms with E-state index in [9.17, 15) is 5.11 Å². The quantitative estimate of drug-likeness (QED) is 0.793. The largest absolute Gasteiger partial charge is 0.381 e. The average molecular weight is 210 g/mol. The van der Waals surface area contributed by atoms with Gasteiger partial charge >= 0.3 is 0 Å². The van der Waals surface area contributed by atoms with Crippen LogP contribution in [-0.2, 0) is 16.9 Å². The Labute approximate surface area is 89.9 Å². The number of methoxy groups -OCH3 is 1. The second-order valence-electron chi connectivity index (χ2n) is 4.17. The first kappa shape index (κ1) is 10.6. The summed E-state index contributed by atoms with van der Waals surface area (Å²) in [4.78, 5) is 4.27. The molecule has 1 fully saturated rings. The zero-order valence-electron chi connectivity index (χ0n) is 9.31. The molecule has 15 heavy (non-hydrogen) atoms. The Kier molecular flexibility index (Phi) is 2.80. The fourth-order valence-electron chi connectivity index (χ4n) is 2.09. The van der Waals surface area contributed by atoms with Crippen LogP contribution in [0.3, 0.4) is 0 Å². The smallest absolute Gasteiger partial charge is 0.148 e. The van der Waals surface area contributed by atoms with Gasteiger partial charge in [-0.2, -0.15) is 0 Å². The molecule has 1 unspecified atom stereocenters. The highest BCUT2D eigenvalue weighted by Crippen LogP contribution is 2.45. The Morgan fingerprint density at radius 2 is 2.40 bits per heavy atom. The SMILES string of the molecule is CCn1ccnc1C(O)(COC)C1CC1. The second-order valence-corrected chi connectivity index (χ2v) is 4.17. The van der Waals surface area contributed by atoms with Crippen molar-refractivity contribution in [2.24, 2.45) is 5.92 Å². The number of hydrogen-bond acceptors (Lipinski definition) is 3. The van der Waals surface area contributed by atoms with Gasteiger partial charge in [0.15, 0.2) is 0 Å². The maximum absolute atomic E-state index is 10.6. The molecule has 1 aliphatic carbocycles. The Balaban J connectivity index is 2.31. The summed E-state index contributed by atoms with van der Waals surface area (Å²) in [7, 11) is 1.62. The third-order valence-electron chi connectivity index (χ3n) is 3.06. The zero-order valence-corrected chi connectivity index (χ0v) is 9.31. The van der Waals surface area contributed by atoms with E-state index < -0.39 is 5.60 Å². The van der Waals surface area contributed by atoms with Crippen molar-refractivity contribution >= 4 is 0 Å². The van der Waals surface area contributed by atoms with E-state index in [1.807, 2.05) is 17.7 Å². The molecule has 0 radical (unpaired) electrons. The maximum atomic E-state index is 10.6. The molecule has 1 aromatic heterocycles. The van der Waals surface area contributed by atoms with Crippen molar-refractivity contribution in [2.45, 2.75) is 31.9 Å². The van der Waals surface area contributed by atoms with Crippen molar-refractivity contribution in [1.82, 2.24) is 9.55 Å². The van der Waals surface area contributed by atoms with E-state index in [1.54, 1.807) is 13.3 Å². The molecule has 0 bridgehead atoms. The van der Waals surface area contributed by atoms with Gasteiger partial charge in [0, 0.05) is 26.0 Å². The molecule has 0 aliphatic heterocycles. The summed E-state index contributed by atoms with van der Waals surface area (Å²) in [6, 6.07) is 0. The van der Waals surface area contributed by atoms with Crippen LogP contribution in [0, 0.1) is 5.92 Å². The van der Waals surface area contributed by atoms with Crippen molar-refractivity contribution in [2.75, 3.05) is 13.7 Å². The number of aryl methyl sites for hydroxylation is 1. The predicted octanol–water partition coefficient (Wildman–Crippen LogP) is 1.15. The molecule has 1 saturated carbocycles. The van der Waals surface area contributed by atoms with Crippen LogP contribution in [0.15, 0.2) is 12.4 Å². The van der Waals surface area contributed by atoms with Crippen LogP contribution in [0.5, 0.6) is 0 Å². The molecule has 1 aromatic rings. The second kappa shape index (κ2) is 3.94. The molecule has 4 nitrogen and oxygen atoms in total. The Bertz CT molecular complexity index is 333. The van der Waals surface area contributed by atoms with Crippen LogP contribution in [0.2, 0.25) is 0 Å². The lowest BCUT2D eigenvalue weighted by molar-refractivity contribution is -0.0619. The molecule has 1 aliphatic rings. The predicted molar refractivity (Wildman–Crippen MR) is 56.4 cm³/mol. The van der Waals surface area contributed by atoms with Crippen LogP contribution in [0.1, 0.15) is 25.6 Å². The van der Waals surface area contributed by atoms with Gasteiger partial charge in [-0.1, -0.05) is 0 Å². The van der Waals surface area contributed by atoms with Crippen molar-refractivity contribution in [3.63, 3.8) is 0 Å². The van der Waals surface area contributed by atoms with Crippen molar-refractivity contribution in [3.05, 3.63) is 18.2 Å². The number of imidazole rings is 1. The van der Waals surface area contributed by atoms with E-state index in [0.29, 0.717) is 12.5 Å². The van der Waals surface area contributed by atoms with Gasteiger partial charge in [0.05, 0.1) is 6.61 Å². The Morgan fingerprint density at radius 3 is 2.93 bits per heavy atom. The molecular weight excluding hydrogens is 192 g/mol. The first-order valence-corrected chi connectivity index (χ1v) is 5.45. The number of ether oxygens (including phenoxy) is 1. The van der Waals surface area contributed by atoms with Crippen molar-refractivity contribution in [1.29, 1.82) is 0 Å². The summed E-state index contributed by atoms with van der Waals surface area (Å²) in [5, 5.41) is 10.6. The van der Waals surface area contributed by atoms with Crippen LogP contribution in [0.25, 0.3) is 0 Å². The lowest BCUT2D eigenvalue weighted by Crippen LogP contribution is -2.36. The third kappa shape index (κ3) is 1.79.